The highest BCUT2D eigenvalue weighted by Crippen LogP contribution is 2.37. The average molecular weight is 168 g/mol. The SMILES string of the molecule is CC1(C)C=CC(C=O)CC1CO. The molecule has 0 saturated carbocycles. The molecule has 1 N–H and O–H groups in total. The number of hydrogen-bond donors (Lipinski definition) is 1. The Morgan fingerprint density at radius 1 is 1.67 bits per heavy atom. The van der Waals surface area contributed by atoms with E-state index in [4.69, 9.17) is 5.11 Å². The van der Waals surface area contributed by atoms with Gasteiger partial charge in [-0.3, -0.25) is 0 Å². The van der Waals surface area contributed by atoms with Crippen LogP contribution in [0.15, 0.2) is 12.2 Å². The Hall–Kier alpha value is -0.630. The molecule has 0 aromatic rings. The molecule has 12 heavy (non-hydrogen) atoms. The second-order valence-electron chi connectivity index (χ2n) is 4.10. The van der Waals surface area contributed by atoms with Crippen LogP contribution in [0.2, 0.25) is 0 Å². The van der Waals surface area contributed by atoms with Gasteiger partial charge in [0.2, 0.25) is 0 Å². The van der Waals surface area contributed by atoms with Gasteiger partial charge in [-0.25, -0.2) is 0 Å². The molecule has 2 atom stereocenters. The lowest BCUT2D eigenvalue weighted by molar-refractivity contribution is -0.110. The van der Waals surface area contributed by atoms with Crippen LogP contribution in [-0.2, 0) is 4.79 Å². The van der Waals surface area contributed by atoms with Gasteiger partial charge in [0.05, 0.1) is 0 Å². The molecular formula is C10H16O2. The molecule has 0 radical (unpaired) electrons. The molecule has 0 spiro atoms. The molecule has 0 heterocycles. The Kier molecular flexibility index (Phi) is 2.68. The minimum absolute atomic E-state index is 0.00942. The zero-order chi connectivity index (χ0) is 9.19. The molecule has 0 saturated heterocycles. The summed E-state index contributed by atoms with van der Waals surface area (Å²) in [5, 5.41) is 9.09. The second-order valence-corrected chi connectivity index (χ2v) is 4.10. The standard InChI is InChI=1S/C10H16O2/c1-10(2)4-3-8(6-11)5-9(10)7-12/h3-4,6,8-9,12H,5,7H2,1-2H3. The molecule has 1 rings (SSSR count). The number of aliphatic hydroxyl groups is 1. The number of hydrogen-bond acceptors (Lipinski definition) is 2. The van der Waals surface area contributed by atoms with Gasteiger partial charge in [-0.15, -0.1) is 0 Å². The summed E-state index contributed by atoms with van der Waals surface area (Å²) in [6, 6.07) is 0. The largest absolute Gasteiger partial charge is 0.396 e. The quantitative estimate of drug-likeness (QED) is 0.500. The van der Waals surface area contributed by atoms with Crippen molar-refractivity contribution in [3.8, 4) is 0 Å². The van der Waals surface area contributed by atoms with Crippen molar-refractivity contribution < 1.29 is 9.90 Å². The van der Waals surface area contributed by atoms with E-state index in [0.29, 0.717) is 0 Å². The van der Waals surface area contributed by atoms with Gasteiger partial charge in [-0.05, 0) is 17.8 Å². The maximum atomic E-state index is 10.5. The van der Waals surface area contributed by atoms with Crippen LogP contribution in [0.3, 0.4) is 0 Å². The highest BCUT2D eigenvalue weighted by molar-refractivity contribution is 5.57. The molecular weight excluding hydrogens is 152 g/mol. The van der Waals surface area contributed by atoms with Crippen molar-refractivity contribution in [1.29, 1.82) is 0 Å². The second kappa shape index (κ2) is 3.40. The van der Waals surface area contributed by atoms with Gasteiger partial charge in [0.25, 0.3) is 0 Å². The Morgan fingerprint density at radius 2 is 2.33 bits per heavy atom. The summed E-state index contributed by atoms with van der Waals surface area (Å²) >= 11 is 0. The Balaban J connectivity index is 2.76. The minimum atomic E-state index is 0.00942. The molecule has 2 unspecified atom stereocenters. The highest BCUT2D eigenvalue weighted by Gasteiger charge is 2.31. The molecule has 1 aliphatic rings. The summed E-state index contributed by atoms with van der Waals surface area (Å²) in [6.45, 7) is 4.35. The highest BCUT2D eigenvalue weighted by atomic mass is 16.3. The maximum Gasteiger partial charge on any atom is 0.126 e. The van der Waals surface area contributed by atoms with Gasteiger partial charge in [0.15, 0.2) is 0 Å². The third-order valence-corrected chi connectivity index (χ3v) is 2.78. The van der Waals surface area contributed by atoms with Gasteiger partial charge in [0, 0.05) is 12.5 Å². The first-order chi connectivity index (χ1) is 5.60. The molecule has 0 amide bonds. The van der Waals surface area contributed by atoms with E-state index < -0.39 is 0 Å². The van der Waals surface area contributed by atoms with Gasteiger partial charge >= 0.3 is 0 Å². The van der Waals surface area contributed by atoms with Gasteiger partial charge in [0.1, 0.15) is 6.29 Å². The predicted octanol–water partition coefficient (Wildman–Crippen LogP) is 1.40. The fraction of sp³-hybridized carbons (Fsp3) is 0.700. The number of carbonyl (C=O) groups is 1. The van der Waals surface area contributed by atoms with E-state index in [1.807, 2.05) is 12.2 Å². The van der Waals surface area contributed by atoms with E-state index in [2.05, 4.69) is 13.8 Å². The molecule has 68 valence electrons. The number of allylic oxidation sites excluding steroid dienone is 2. The van der Waals surface area contributed by atoms with E-state index in [-0.39, 0.29) is 23.9 Å². The molecule has 1 aliphatic carbocycles. The average Bonchev–Trinajstić information content (AvgIpc) is 2.04. The first kappa shape index (κ1) is 9.46. The number of rotatable bonds is 2. The van der Waals surface area contributed by atoms with Crippen molar-refractivity contribution in [2.75, 3.05) is 6.61 Å². The van der Waals surface area contributed by atoms with E-state index in [1.165, 1.54) is 0 Å². The lowest BCUT2D eigenvalue weighted by atomic mass is 9.70. The van der Waals surface area contributed by atoms with Gasteiger partial charge in [-0.1, -0.05) is 26.0 Å². The zero-order valence-corrected chi connectivity index (χ0v) is 7.66. The van der Waals surface area contributed by atoms with Crippen molar-refractivity contribution in [3.63, 3.8) is 0 Å². The van der Waals surface area contributed by atoms with Crippen LogP contribution >= 0.6 is 0 Å². The summed E-state index contributed by atoms with van der Waals surface area (Å²) < 4.78 is 0. The summed E-state index contributed by atoms with van der Waals surface area (Å²) in [5.41, 5.74) is 0.0360. The third-order valence-electron chi connectivity index (χ3n) is 2.78. The lowest BCUT2D eigenvalue weighted by Crippen LogP contribution is -2.30. The van der Waals surface area contributed by atoms with Crippen LogP contribution in [0.4, 0.5) is 0 Å². The molecule has 0 aromatic carbocycles. The normalized spacial score (nSPS) is 33.2. The molecule has 0 aromatic heterocycles. The Bertz CT molecular complexity index is 194. The smallest absolute Gasteiger partial charge is 0.126 e. The van der Waals surface area contributed by atoms with Crippen molar-refractivity contribution >= 4 is 6.29 Å². The first-order valence-corrected chi connectivity index (χ1v) is 4.35. The van der Waals surface area contributed by atoms with Crippen LogP contribution in [0.1, 0.15) is 20.3 Å². The predicted molar refractivity (Wildman–Crippen MR) is 47.7 cm³/mol. The summed E-state index contributed by atoms with van der Waals surface area (Å²) in [4.78, 5) is 10.5. The maximum absolute atomic E-state index is 10.5. The van der Waals surface area contributed by atoms with Crippen LogP contribution in [0.25, 0.3) is 0 Å². The monoisotopic (exact) mass is 168 g/mol. The topological polar surface area (TPSA) is 37.3 Å². The lowest BCUT2D eigenvalue weighted by Gasteiger charge is -2.35. The van der Waals surface area contributed by atoms with Gasteiger partial charge in [-0.2, -0.15) is 0 Å². The fourth-order valence-electron chi connectivity index (χ4n) is 1.63. The molecule has 0 bridgehead atoms. The Morgan fingerprint density at radius 3 is 2.83 bits per heavy atom. The summed E-state index contributed by atoms with van der Waals surface area (Å²) in [6.07, 6.45) is 5.72. The van der Waals surface area contributed by atoms with E-state index in [0.717, 1.165) is 12.7 Å². The fourth-order valence-corrected chi connectivity index (χ4v) is 1.63. The van der Waals surface area contributed by atoms with Crippen LogP contribution in [0, 0.1) is 17.3 Å². The van der Waals surface area contributed by atoms with Crippen molar-refractivity contribution in [2.45, 2.75) is 20.3 Å². The number of aliphatic hydroxyl groups excluding tert-OH is 1. The van der Waals surface area contributed by atoms with Crippen LogP contribution < -0.4 is 0 Å². The van der Waals surface area contributed by atoms with E-state index in [1.54, 1.807) is 0 Å². The van der Waals surface area contributed by atoms with Crippen molar-refractivity contribution in [1.82, 2.24) is 0 Å². The summed E-state index contributed by atoms with van der Waals surface area (Å²) in [5.74, 6) is 0.230. The van der Waals surface area contributed by atoms with Crippen LogP contribution in [0.5, 0.6) is 0 Å². The van der Waals surface area contributed by atoms with Gasteiger partial charge < -0.3 is 9.90 Å². The van der Waals surface area contributed by atoms with Crippen LogP contribution in [-0.4, -0.2) is 18.0 Å². The first-order valence-electron chi connectivity index (χ1n) is 4.35. The molecule has 2 nitrogen and oxygen atoms in total. The molecule has 0 fully saturated rings. The Labute approximate surface area is 73.3 Å². The van der Waals surface area contributed by atoms with Crippen molar-refractivity contribution in [3.05, 3.63) is 12.2 Å². The molecule has 2 heteroatoms. The number of carbonyl (C=O) groups excluding carboxylic acids is 1. The minimum Gasteiger partial charge on any atom is -0.396 e. The molecule has 0 aliphatic heterocycles. The zero-order valence-electron chi connectivity index (χ0n) is 7.66. The van der Waals surface area contributed by atoms with E-state index >= 15 is 0 Å². The third kappa shape index (κ3) is 1.75. The summed E-state index contributed by atoms with van der Waals surface area (Å²) in [7, 11) is 0. The van der Waals surface area contributed by atoms with Crippen molar-refractivity contribution in [2.24, 2.45) is 17.3 Å². The number of aldehydes is 1. The van der Waals surface area contributed by atoms with E-state index in [9.17, 15) is 4.79 Å².